The molecule has 0 aliphatic heterocycles. The number of carbonyl (C=O) groups is 1. The summed E-state index contributed by atoms with van der Waals surface area (Å²) in [5.74, 6) is 0.865. The van der Waals surface area contributed by atoms with E-state index in [-0.39, 0.29) is 11.1 Å². The highest BCUT2D eigenvalue weighted by Crippen LogP contribution is 2.15. The zero-order valence-corrected chi connectivity index (χ0v) is 9.45. The van der Waals surface area contributed by atoms with Crippen molar-refractivity contribution < 1.29 is 9.21 Å². The molecule has 3 nitrogen and oxygen atoms in total. The maximum Gasteiger partial charge on any atom is 0.256 e. The van der Waals surface area contributed by atoms with E-state index >= 15 is 0 Å². The Bertz CT molecular complexity index is 301. The van der Waals surface area contributed by atoms with Crippen LogP contribution in [0, 0.1) is 0 Å². The Morgan fingerprint density at radius 2 is 2.50 bits per heavy atom. The van der Waals surface area contributed by atoms with Crippen LogP contribution in [-0.4, -0.2) is 24.5 Å². The number of carbonyl (C=O) groups excluding carboxylic acids is 1. The second-order valence-electron chi connectivity index (χ2n) is 2.71. The minimum absolute atomic E-state index is 0.146. The van der Waals surface area contributed by atoms with Crippen LogP contribution in [-0.2, 0) is 0 Å². The molecule has 14 heavy (non-hydrogen) atoms. The maximum atomic E-state index is 11.4. The van der Waals surface area contributed by atoms with E-state index in [1.807, 2.05) is 6.26 Å². The first-order chi connectivity index (χ1) is 6.75. The third-order valence-electron chi connectivity index (χ3n) is 1.67. The molecule has 1 rings (SSSR count). The van der Waals surface area contributed by atoms with Crippen LogP contribution in [0.4, 0.5) is 0 Å². The van der Waals surface area contributed by atoms with Crippen LogP contribution in [0.15, 0.2) is 16.7 Å². The Labute approximate surface area is 92.2 Å². The molecular weight excluding hydrogens is 222 g/mol. The van der Waals surface area contributed by atoms with Crippen molar-refractivity contribution in [2.75, 3.05) is 18.6 Å². The van der Waals surface area contributed by atoms with E-state index in [9.17, 15) is 4.79 Å². The summed E-state index contributed by atoms with van der Waals surface area (Å²) < 4.78 is 4.81. The van der Waals surface area contributed by atoms with Gasteiger partial charge in [0.2, 0.25) is 5.22 Å². The van der Waals surface area contributed by atoms with Gasteiger partial charge in [-0.1, -0.05) is 0 Å². The summed E-state index contributed by atoms with van der Waals surface area (Å²) in [5.41, 5.74) is 0.399. The van der Waals surface area contributed by atoms with Crippen LogP contribution in [0.5, 0.6) is 0 Å². The van der Waals surface area contributed by atoms with E-state index in [0.717, 1.165) is 12.2 Å². The van der Waals surface area contributed by atoms with Crippen molar-refractivity contribution in [2.45, 2.75) is 6.42 Å². The molecule has 1 N–H and O–H groups in total. The van der Waals surface area contributed by atoms with Crippen molar-refractivity contribution in [3.8, 4) is 0 Å². The van der Waals surface area contributed by atoms with E-state index in [2.05, 4.69) is 5.32 Å². The molecule has 0 aliphatic rings. The van der Waals surface area contributed by atoms with Gasteiger partial charge in [-0.2, -0.15) is 11.8 Å². The first kappa shape index (κ1) is 11.5. The molecule has 0 unspecified atom stereocenters. The molecule has 0 fully saturated rings. The highest BCUT2D eigenvalue weighted by Gasteiger charge is 2.11. The molecule has 0 aliphatic carbocycles. The van der Waals surface area contributed by atoms with Crippen LogP contribution < -0.4 is 5.32 Å². The SMILES string of the molecule is CSCCCNC(=O)c1ccoc1Cl. The quantitative estimate of drug-likeness (QED) is 0.795. The summed E-state index contributed by atoms with van der Waals surface area (Å²) in [5, 5.41) is 2.91. The van der Waals surface area contributed by atoms with E-state index in [4.69, 9.17) is 16.0 Å². The molecule has 0 spiro atoms. The van der Waals surface area contributed by atoms with E-state index in [1.165, 1.54) is 6.26 Å². The molecule has 0 bridgehead atoms. The van der Waals surface area contributed by atoms with Crippen molar-refractivity contribution >= 4 is 29.3 Å². The van der Waals surface area contributed by atoms with Gasteiger partial charge in [-0.15, -0.1) is 0 Å². The van der Waals surface area contributed by atoms with Gasteiger partial charge in [0.1, 0.15) is 0 Å². The predicted octanol–water partition coefficient (Wildman–Crippen LogP) is 2.42. The molecule has 1 aromatic heterocycles. The lowest BCUT2D eigenvalue weighted by atomic mass is 10.3. The van der Waals surface area contributed by atoms with Gasteiger partial charge in [-0.25, -0.2) is 0 Å². The van der Waals surface area contributed by atoms with Gasteiger partial charge >= 0.3 is 0 Å². The lowest BCUT2D eigenvalue weighted by Gasteiger charge is -2.02. The van der Waals surface area contributed by atoms with Crippen molar-refractivity contribution in [1.82, 2.24) is 5.32 Å². The number of hydrogen-bond acceptors (Lipinski definition) is 3. The second kappa shape index (κ2) is 5.98. The number of thioether (sulfide) groups is 1. The van der Waals surface area contributed by atoms with Crippen LogP contribution >= 0.6 is 23.4 Å². The molecular formula is C9H12ClNO2S. The molecule has 78 valence electrons. The van der Waals surface area contributed by atoms with E-state index < -0.39 is 0 Å². The average Bonchev–Trinajstić information content (AvgIpc) is 2.59. The van der Waals surface area contributed by atoms with Crippen LogP contribution in [0.25, 0.3) is 0 Å². The fourth-order valence-corrected chi connectivity index (χ4v) is 1.60. The zero-order valence-electron chi connectivity index (χ0n) is 7.88. The van der Waals surface area contributed by atoms with Gasteiger partial charge in [0.25, 0.3) is 5.91 Å². The van der Waals surface area contributed by atoms with Crippen molar-refractivity contribution in [3.63, 3.8) is 0 Å². The number of hydrogen-bond donors (Lipinski definition) is 1. The standard InChI is InChI=1S/C9H12ClNO2S/c1-14-6-2-4-11-9(12)7-3-5-13-8(7)10/h3,5H,2,4,6H2,1H3,(H,11,12). The molecule has 5 heteroatoms. The Morgan fingerprint density at radius 3 is 3.07 bits per heavy atom. The summed E-state index contributed by atoms with van der Waals surface area (Å²) in [7, 11) is 0. The third kappa shape index (κ3) is 3.27. The summed E-state index contributed by atoms with van der Waals surface area (Å²) in [6.07, 6.45) is 4.40. The monoisotopic (exact) mass is 233 g/mol. The first-order valence-electron chi connectivity index (χ1n) is 4.26. The topological polar surface area (TPSA) is 42.2 Å². The first-order valence-corrected chi connectivity index (χ1v) is 6.03. The van der Waals surface area contributed by atoms with E-state index in [0.29, 0.717) is 12.1 Å². The molecule has 0 saturated carbocycles. The predicted molar refractivity (Wildman–Crippen MR) is 59.1 cm³/mol. The largest absolute Gasteiger partial charge is 0.452 e. The van der Waals surface area contributed by atoms with Gasteiger partial charge in [0.15, 0.2) is 0 Å². The van der Waals surface area contributed by atoms with Crippen molar-refractivity contribution in [1.29, 1.82) is 0 Å². The van der Waals surface area contributed by atoms with Gasteiger partial charge < -0.3 is 9.73 Å². The summed E-state index contributed by atoms with van der Waals surface area (Å²) in [6.45, 7) is 0.668. The number of furan rings is 1. The van der Waals surface area contributed by atoms with Crippen LogP contribution in [0.2, 0.25) is 5.22 Å². The highest BCUT2D eigenvalue weighted by molar-refractivity contribution is 7.98. The van der Waals surface area contributed by atoms with E-state index in [1.54, 1.807) is 17.8 Å². The smallest absolute Gasteiger partial charge is 0.256 e. The molecule has 0 saturated heterocycles. The van der Waals surface area contributed by atoms with Gasteiger partial charge in [-0.05, 0) is 36.1 Å². The minimum atomic E-state index is -0.176. The number of amides is 1. The molecule has 1 heterocycles. The lowest BCUT2D eigenvalue weighted by molar-refractivity contribution is 0.0953. The Morgan fingerprint density at radius 1 is 1.71 bits per heavy atom. The fourth-order valence-electron chi connectivity index (χ4n) is 0.969. The normalized spacial score (nSPS) is 10.1. The summed E-state index contributed by atoms with van der Waals surface area (Å²) >= 11 is 7.40. The lowest BCUT2D eigenvalue weighted by Crippen LogP contribution is -2.24. The maximum absolute atomic E-state index is 11.4. The zero-order chi connectivity index (χ0) is 10.4. The van der Waals surface area contributed by atoms with Crippen molar-refractivity contribution in [3.05, 3.63) is 23.1 Å². The Balaban J connectivity index is 2.32. The second-order valence-corrected chi connectivity index (χ2v) is 4.04. The molecule has 0 atom stereocenters. The summed E-state index contributed by atoms with van der Waals surface area (Å²) in [6, 6.07) is 1.56. The third-order valence-corrected chi connectivity index (χ3v) is 2.66. The number of halogens is 1. The van der Waals surface area contributed by atoms with Gasteiger partial charge in [0, 0.05) is 6.54 Å². The highest BCUT2D eigenvalue weighted by atomic mass is 35.5. The van der Waals surface area contributed by atoms with Gasteiger partial charge in [-0.3, -0.25) is 4.79 Å². The molecule has 1 aromatic rings. The number of rotatable bonds is 5. The minimum Gasteiger partial charge on any atom is -0.452 e. The van der Waals surface area contributed by atoms with Crippen molar-refractivity contribution in [2.24, 2.45) is 0 Å². The molecule has 1 amide bonds. The molecule has 0 radical (unpaired) electrons. The Kier molecular flexibility index (Phi) is 4.90. The average molecular weight is 234 g/mol. The van der Waals surface area contributed by atoms with Gasteiger partial charge in [0.05, 0.1) is 11.8 Å². The summed E-state index contributed by atoms with van der Waals surface area (Å²) in [4.78, 5) is 11.4. The van der Waals surface area contributed by atoms with Crippen LogP contribution in [0.1, 0.15) is 16.8 Å². The fraction of sp³-hybridized carbons (Fsp3) is 0.444. The Hall–Kier alpha value is -0.610. The number of nitrogens with one attached hydrogen (secondary N) is 1. The molecule has 0 aromatic carbocycles. The van der Waals surface area contributed by atoms with Crippen LogP contribution in [0.3, 0.4) is 0 Å².